The maximum absolute atomic E-state index is 14.4. The highest BCUT2D eigenvalue weighted by Crippen LogP contribution is 2.40. The van der Waals surface area contributed by atoms with Crippen LogP contribution in [0, 0.1) is 11.8 Å². The number of pyridine rings is 1. The Kier molecular flexibility index (Phi) is 10.9. The molecule has 1 aromatic heterocycles. The van der Waals surface area contributed by atoms with Crippen LogP contribution in [0.4, 0.5) is 35.0 Å². The van der Waals surface area contributed by atoms with Gasteiger partial charge in [0, 0.05) is 84.8 Å². The molecule has 0 unspecified atom stereocenters. The van der Waals surface area contributed by atoms with Crippen molar-refractivity contribution in [2.75, 3.05) is 55.9 Å². The molecule has 3 N–H and O–H groups in total. The number of carbonyl (C=O) groups is 3. The predicted molar refractivity (Wildman–Crippen MR) is 201 cm³/mol. The van der Waals surface area contributed by atoms with Gasteiger partial charge in [0.15, 0.2) is 11.5 Å². The lowest BCUT2D eigenvalue weighted by Gasteiger charge is -2.37. The first kappa shape index (κ1) is 37.6. The van der Waals surface area contributed by atoms with Crippen molar-refractivity contribution in [3.8, 4) is 23.0 Å². The van der Waals surface area contributed by atoms with Gasteiger partial charge in [-0.15, -0.1) is 0 Å². The minimum atomic E-state index is -4.68. The van der Waals surface area contributed by atoms with E-state index >= 15 is 0 Å². The molecule has 7 rings (SSSR count). The van der Waals surface area contributed by atoms with E-state index in [9.17, 15) is 27.6 Å². The van der Waals surface area contributed by atoms with Crippen LogP contribution in [-0.4, -0.2) is 74.2 Å². The van der Waals surface area contributed by atoms with Crippen molar-refractivity contribution in [2.24, 2.45) is 11.8 Å². The van der Waals surface area contributed by atoms with Gasteiger partial charge in [-0.3, -0.25) is 14.6 Å². The lowest BCUT2D eigenvalue weighted by molar-refractivity contribution is -0.137. The number of hydrogen-bond acceptors (Lipinski definition) is 8. The smallest absolute Gasteiger partial charge is 0.418 e. The van der Waals surface area contributed by atoms with E-state index in [1.807, 2.05) is 4.90 Å². The third kappa shape index (κ3) is 8.82. The maximum atomic E-state index is 14.4. The number of benzene rings is 3. The van der Waals surface area contributed by atoms with E-state index in [-0.39, 0.29) is 41.1 Å². The molecular weight excluding hydrogens is 717 g/mol. The molecule has 1 aliphatic carbocycles. The quantitative estimate of drug-likeness (QED) is 0.152. The number of nitrogens with zero attached hydrogens (tertiary/aromatic N) is 3. The topological polar surface area (TPSA) is 134 Å². The molecule has 12 nitrogen and oxygen atoms in total. The number of carbonyl (C=O) groups excluding carboxylic acids is 3. The largest absolute Gasteiger partial charge is 0.493 e. The van der Waals surface area contributed by atoms with E-state index in [4.69, 9.17) is 14.2 Å². The Labute approximate surface area is 316 Å². The van der Waals surface area contributed by atoms with Gasteiger partial charge in [-0.2, -0.15) is 13.2 Å². The highest BCUT2D eigenvalue weighted by molar-refractivity contribution is 6.00. The first-order chi connectivity index (χ1) is 26.5. The molecule has 0 radical (unpaired) electrons. The van der Waals surface area contributed by atoms with Crippen molar-refractivity contribution in [3.05, 3.63) is 72.4 Å². The Morgan fingerprint density at radius 3 is 2.13 bits per heavy atom. The van der Waals surface area contributed by atoms with Gasteiger partial charge in [0.1, 0.15) is 11.5 Å². The van der Waals surface area contributed by atoms with Crippen LogP contribution in [0.5, 0.6) is 23.0 Å². The first-order valence-corrected chi connectivity index (χ1v) is 18.4. The normalized spacial score (nSPS) is 16.7. The summed E-state index contributed by atoms with van der Waals surface area (Å²) in [5.41, 5.74) is 0.0903. The van der Waals surface area contributed by atoms with Crippen LogP contribution in [0.2, 0.25) is 0 Å². The second-order valence-electron chi connectivity index (χ2n) is 14.1. The Morgan fingerprint density at radius 1 is 0.764 bits per heavy atom. The molecule has 3 heterocycles. The number of halogens is 3. The fourth-order valence-corrected chi connectivity index (χ4v) is 7.25. The number of anilines is 3. The molecule has 0 spiro atoms. The van der Waals surface area contributed by atoms with Gasteiger partial charge >= 0.3 is 12.2 Å². The molecule has 55 heavy (non-hydrogen) atoms. The summed E-state index contributed by atoms with van der Waals surface area (Å²) in [6, 6.07) is 14.6. The summed E-state index contributed by atoms with van der Waals surface area (Å²) in [4.78, 5) is 46.2. The zero-order chi connectivity index (χ0) is 38.7. The first-order valence-electron chi connectivity index (χ1n) is 18.4. The van der Waals surface area contributed by atoms with Gasteiger partial charge in [0.05, 0.1) is 25.3 Å². The number of aromatic nitrogens is 1. The molecule has 4 aromatic rings. The number of methoxy groups -OCH3 is 2. The molecule has 3 aromatic carbocycles. The van der Waals surface area contributed by atoms with E-state index in [0.717, 1.165) is 18.9 Å². The molecule has 0 bridgehead atoms. The van der Waals surface area contributed by atoms with E-state index in [1.165, 1.54) is 26.4 Å². The van der Waals surface area contributed by atoms with Crippen molar-refractivity contribution >= 4 is 45.8 Å². The van der Waals surface area contributed by atoms with Crippen molar-refractivity contribution in [2.45, 2.75) is 50.7 Å². The minimum Gasteiger partial charge on any atom is -0.493 e. The van der Waals surface area contributed by atoms with Gasteiger partial charge in [0.25, 0.3) is 0 Å². The second-order valence-corrected chi connectivity index (χ2v) is 14.1. The summed E-state index contributed by atoms with van der Waals surface area (Å²) < 4.78 is 60.1. The lowest BCUT2D eigenvalue weighted by Crippen LogP contribution is -2.49. The Morgan fingerprint density at radius 2 is 1.45 bits per heavy atom. The fraction of sp³-hybridized carbons (Fsp3) is 0.400. The van der Waals surface area contributed by atoms with Gasteiger partial charge in [0.2, 0.25) is 11.8 Å². The van der Waals surface area contributed by atoms with E-state index in [2.05, 4.69) is 20.9 Å². The van der Waals surface area contributed by atoms with Crippen LogP contribution < -0.4 is 35.1 Å². The number of urea groups is 1. The zero-order valence-electron chi connectivity index (χ0n) is 30.6. The highest BCUT2D eigenvalue weighted by Gasteiger charge is 2.38. The number of ether oxygens (including phenoxy) is 3. The van der Waals surface area contributed by atoms with E-state index in [0.29, 0.717) is 91.5 Å². The highest BCUT2D eigenvalue weighted by atomic mass is 19.4. The number of amides is 4. The molecule has 3 fully saturated rings. The minimum absolute atomic E-state index is 0.0143. The summed E-state index contributed by atoms with van der Waals surface area (Å²) >= 11 is 0. The SMILES string of the molecule is COc1cc2nccc(Oc3cccc(NC(=O)Nc4ccc(N5CCC(NC(=O)C6CCN(C(=O)C7CC7)CC6)CC5)c(C(F)(F)F)c4)c3)c2cc1OC. The van der Waals surface area contributed by atoms with Crippen LogP contribution in [0.3, 0.4) is 0 Å². The van der Waals surface area contributed by atoms with Crippen LogP contribution in [0.1, 0.15) is 44.1 Å². The number of likely N-dealkylation sites (tertiary alicyclic amines) is 1. The van der Waals surface area contributed by atoms with Gasteiger partial charge in [-0.25, -0.2) is 4.79 Å². The van der Waals surface area contributed by atoms with Crippen molar-refractivity contribution in [3.63, 3.8) is 0 Å². The average Bonchev–Trinajstić information content (AvgIpc) is 4.03. The molecule has 290 valence electrons. The van der Waals surface area contributed by atoms with E-state index in [1.54, 1.807) is 53.6 Å². The number of rotatable bonds is 10. The Bertz CT molecular complexity index is 2060. The van der Waals surface area contributed by atoms with Crippen molar-refractivity contribution < 1.29 is 41.8 Å². The second kappa shape index (κ2) is 15.9. The molecule has 2 saturated heterocycles. The summed E-state index contributed by atoms with van der Waals surface area (Å²) in [7, 11) is 3.06. The number of piperidine rings is 2. The summed E-state index contributed by atoms with van der Waals surface area (Å²) in [6.45, 7) is 1.81. The van der Waals surface area contributed by atoms with Gasteiger partial charge in [-0.1, -0.05) is 6.07 Å². The summed E-state index contributed by atoms with van der Waals surface area (Å²) in [5.74, 6) is 2.03. The van der Waals surface area contributed by atoms with Crippen LogP contribution in [0.25, 0.3) is 10.9 Å². The summed E-state index contributed by atoms with van der Waals surface area (Å²) in [5, 5.41) is 8.94. The predicted octanol–water partition coefficient (Wildman–Crippen LogP) is 7.44. The van der Waals surface area contributed by atoms with Gasteiger partial charge < -0.3 is 40.0 Å². The van der Waals surface area contributed by atoms with Crippen LogP contribution >= 0.6 is 0 Å². The molecule has 4 amide bonds. The van der Waals surface area contributed by atoms with Crippen molar-refractivity contribution in [1.82, 2.24) is 15.2 Å². The molecular formula is C40H43F3N6O6. The molecule has 15 heteroatoms. The number of fused-ring (bicyclic) bond motifs is 1. The third-order valence-corrected chi connectivity index (χ3v) is 10.4. The third-order valence-electron chi connectivity index (χ3n) is 10.4. The lowest BCUT2D eigenvalue weighted by atomic mass is 9.94. The van der Waals surface area contributed by atoms with Gasteiger partial charge in [-0.05, 0) is 81.0 Å². The maximum Gasteiger partial charge on any atom is 0.418 e. The van der Waals surface area contributed by atoms with Crippen LogP contribution in [0.15, 0.2) is 66.9 Å². The Balaban J connectivity index is 0.944. The average molecular weight is 761 g/mol. The molecule has 1 saturated carbocycles. The number of alkyl halides is 3. The monoisotopic (exact) mass is 760 g/mol. The zero-order valence-corrected chi connectivity index (χ0v) is 30.6. The standard InChI is InChI=1S/C40H43F3N6O6/c1-53-35-22-30-32(23-36(35)54-2)44-15-10-34(30)55-29-5-3-4-27(20-29)46-39(52)47-28-8-9-33(31(21-28)40(41,42)43)48-18-13-26(14-19-48)45-37(50)24-11-16-49(17-12-24)38(51)25-6-7-25/h3-5,8-10,15,20-26H,6-7,11-14,16-19H2,1-2H3,(H,45,50)(H2,46,47,52). The fourth-order valence-electron chi connectivity index (χ4n) is 7.25. The summed E-state index contributed by atoms with van der Waals surface area (Å²) in [6.07, 6.45) is 1.05. The molecule has 3 aliphatic rings. The molecule has 0 atom stereocenters. The number of nitrogens with one attached hydrogen (secondary N) is 3. The van der Waals surface area contributed by atoms with Crippen LogP contribution in [-0.2, 0) is 15.8 Å². The van der Waals surface area contributed by atoms with E-state index < -0.39 is 17.8 Å². The Hall–Kier alpha value is -5.73. The number of hydrogen-bond donors (Lipinski definition) is 3. The molecule has 2 aliphatic heterocycles. The van der Waals surface area contributed by atoms with Crippen molar-refractivity contribution in [1.29, 1.82) is 0 Å².